The standard InChI is InChI=1S/C21H21N3O2/c1-15-6-3-4-7-16(15)14-23-21(25)20-13-18(10-11-22-20)24-17-8-5-9-19(12-17)26-2/h3-13H,14H2,1-2H3,(H,22,24)(H,23,25). The Balaban J connectivity index is 1.68. The molecule has 0 fully saturated rings. The number of amides is 1. The van der Waals surface area contributed by atoms with Crippen LogP contribution < -0.4 is 15.4 Å². The van der Waals surface area contributed by atoms with Crippen molar-refractivity contribution in [2.75, 3.05) is 12.4 Å². The topological polar surface area (TPSA) is 63.2 Å². The Bertz CT molecular complexity index is 909. The number of nitrogens with one attached hydrogen (secondary N) is 2. The van der Waals surface area contributed by atoms with Crippen LogP contribution in [0.15, 0.2) is 66.9 Å². The number of pyridine rings is 1. The maximum atomic E-state index is 12.4. The first kappa shape index (κ1) is 17.5. The summed E-state index contributed by atoms with van der Waals surface area (Å²) < 4.78 is 5.22. The third kappa shape index (κ3) is 4.39. The average Bonchev–Trinajstić information content (AvgIpc) is 2.67. The van der Waals surface area contributed by atoms with Gasteiger partial charge in [0.05, 0.1) is 7.11 Å². The van der Waals surface area contributed by atoms with Gasteiger partial charge in [0.15, 0.2) is 0 Å². The monoisotopic (exact) mass is 347 g/mol. The second-order valence-corrected chi connectivity index (χ2v) is 5.90. The molecule has 5 nitrogen and oxygen atoms in total. The van der Waals surface area contributed by atoms with Gasteiger partial charge in [0.1, 0.15) is 11.4 Å². The highest BCUT2D eigenvalue weighted by atomic mass is 16.5. The van der Waals surface area contributed by atoms with Crippen LogP contribution >= 0.6 is 0 Å². The van der Waals surface area contributed by atoms with Crippen LogP contribution in [0.5, 0.6) is 5.75 Å². The number of carbonyl (C=O) groups is 1. The van der Waals surface area contributed by atoms with E-state index in [1.807, 2.05) is 61.5 Å². The van der Waals surface area contributed by atoms with Gasteiger partial charge in [-0.3, -0.25) is 9.78 Å². The summed E-state index contributed by atoms with van der Waals surface area (Å²) in [5.41, 5.74) is 4.27. The highest BCUT2D eigenvalue weighted by Crippen LogP contribution is 2.21. The Hall–Kier alpha value is -3.34. The largest absolute Gasteiger partial charge is 0.497 e. The molecular formula is C21H21N3O2. The van der Waals surface area contributed by atoms with Gasteiger partial charge in [-0.05, 0) is 42.3 Å². The first-order valence-electron chi connectivity index (χ1n) is 8.35. The Morgan fingerprint density at radius 1 is 1.04 bits per heavy atom. The lowest BCUT2D eigenvalue weighted by atomic mass is 10.1. The van der Waals surface area contributed by atoms with Gasteiger partial charge in [-0.25, -0.2) is 0 Å². The number of nitrogens with zero attached hydrogens (tertiary/aromatic N) is 1. The smallest absolute Gasteiger partial charge is 0.270 e. The van der Waals surface area contributed by atoms with Crippen molar-refractivity contribution in [3.8, 4) is 5.75 Å². The van der Waals surface area contributed by atoms with E-state index in [0.717, 1.165) is 28.3 Å². The predicted octanol–water partition coefficient (Wildman–Crippen LogP) is 4.07. The molecule has 0 aliphatic heterocycles. The van der Waals surface area contributed by atoms with E-state index in [9.17, 15) is 4.79 Å². The maximum absolute atomic E-state index is 12.4. The molecule has 132 valence electrons. The van der Waals surface area contributed by atoms with Crippen LogP contribution in [0.25, 0.3) is 0 Å². The van der Waals surface area contributed by atoms with Gasteiger partial charge in [0.25, 0.3) is 5.91 Å². The number of anilines is 2. The SMILES string of the molecule is COc1cccc(Nc2ccnc(C(=O)NCc3ccccc3C)c2)c1. The lowest BCUT2D eigenvalue weighted by Crippen LogP contribution is -2.24. The summed E-state index contributed by atoms with van der Waals surface area (Å²) in [5.74, 6) is 0.558. The van der Waals surface area contributed by atoms with Gasteiger partial charge >= 0.3 is 0 Å². The van der Waals surface area contributed by atoms with Crippen molar-refractivity contribution < 1.29 is 9.53 Å². The van der Waals surface area contributed by atoms with Crippen molar-refractivity contribution in [2.24, 2.45) is 0 Å². The number of hydrogen-bond acceptors (Lipinski definition) is 4. The lowest BCUT2D eigenvalue weighted by Gasteiger charge is -2.10. The average molecular weight is 347 g/mol. The fourth-order valence-corrected chi connectivity index (χ4v) is 2.57. The molecule has 1 heterocycles. The predicted molar refractivity (Wildman–Crippen MR) is 103 cm³/mol. The molecule has 0 saturated heterocycles. The van der Waals surface area contributed by atoms with Crippen LogP contribution in [0, 0.1) is 6.92 Å². The van der Waals surface area contributed by atoms with E-state index in [0.29, 0.717) is 12.2 Å². The zero-order valence-corrected chi connectivity index (χ0v) is 14.8. The van der Waals surface area contributed by atoms with Crippen molar-refractivity contribution >= 4 is 17.3 Å². The third-order valence-corrected chi connectivity index (χ3v) is 4.05. The number of carbonyl (C=O) groups excluding carboxylic acids is 1. The lowest BCUT2D eigenvalue weighted by molar-refractivity contribution is 0.0946. The zero-order valence-electron chi connectivity index (χ0n) is 14.8. The summed E-state index contributed by atoms with van der Waals surface area (Å²) in [6, 6.07) is 19.1. The van der Waals surface area contributed by atoms with Gasteiger partial charge in [-0.15, -0.1) is 0 Å². The molecule has 2 aromatic carbocycles. The summed E-state index contributed by atoms with van der Waals surface area (Å²) in [6.45, 7) is 2.50. The van der Waals surface area contributed by atoms with Crippen LogP contribution in [0.1, 0.15) is 21.6 Å². The number of ether oxygens (including phenoxy) is 1. The molecule has 0 spiro atoms. The molecule has 0 bridgehead atoms. The first-order valence-corrected chi connectivity index (χ1v) is 8.35. The molecule has 0 radical (unpaired) electrons. The molecule has 1 aromatic heterocycles. The van der Waals surface area contributed by atoms with Crippen molar-refractivity contribution in [3.63, 3.8) is 0 Å². The molecule has 2 N–H and O–H groups in total. The minimum atomic E-state index is -0.206. The number of rotatable bonds is 6. The molecule has 1 amide bonds. The summed E-state index contributed by atoms with van der Waals surface area (Å²) in [4.78, 5) is 16.6. The number of hydrogen-bond donors (Lipinski definition) is 2. The summed E-state index contributed by atoms with van der Waals surface area (Å²) in [5, 5.41) is 6.17. The fourth-order valence-electron chi connectivity index (χ4n) is 2.57. The van der Waals surface area contributed by atoms with E-state index in [4.69, 9.17) is 4.74 Å². The normalized spacial score (nSPS) is 10.2. The van der Waals surface area contributed by atoms with E-state index in [-0.39, 0.29) is 5.91 Å². The van der Waals surface area contributed by atoms with E-state index >= 15 is 0 Å². The molecule has 26 heavy (non-hydrogen) atoms. The second kappa shape index (κ2) is 8.16. The molecule has 0 unspecified atom stereocenters. The van der Waals surface area contributed by atoms with Gasteiger partial charge < -0.3 is 15.4 Å². The van der Waals surface area contributed by atoms with E-state index in [2.05, 4.69) is 15.6 Å². The van der Waals surface area contributed by atoms with Crippen molar-refractivity contribution in [1.29, 1.82) is 0 Å². The quantitative estimate of drug-likeness (QED) is 0.705. The fraction of sp³-hybridized carbons (Fsp3) is 0.143. The minimum Gasteiger partial charge on any atom is -0.497 e. The maximum Gasteiger partial charge on any atom is 0.270 e. The number of methoxy groups -OCH3 is 1. The first-order chi connectivity index (χ1) is 12.7. The molecule has 0 saturated carbocycles. The summed E-state index contributed by atoms with van der Waals surface area (Å²) in [6.07, 6.45) is 1.62. The summed E-state index contributed by atoms with van der Waals surface area (Å²) >= 11 is 0. The van der Waals surface area contributed by atoms with Crippen molar-refractivity contribution in [2.45, 2.75) is 13.5 Å². The number of aromatic nitrogens is 1. The molecule has 3 rings (SSSR count). The Morgan fingerprint density at radius 3 is 2.65 bits per heavy atom. The molecule has 0 atom stereocenters. The van der Waals surface area contributed by atoms with Crippen LogP contribution in [0.4, 0.5) is 11.4 Å². The molecule has 0 aliphatic rings. The number of benzene rings is 2. The van der Waals surface area contributed by atoms with Crippen LogP contribution in [0.2, 0.25) is 0 Å². The van der Waals surface area contributed by atoms with E-state index in [1.54, 1.807) is 19.4 Å². The minimum absolute atomic E-state index is 0.206. The second-order valence-electron chi connectivity index (χ2n) is 5.90. The highest BCUT2D eigenvalue weighted by molar-refractivity contribution is 5.93. The zero-order chi connectivity index (χ0) is 18.4. The molecule has 0 aliphatic carbocycles. The highest BCUT2D eigenvalue weighted by Gasteiger charge is 2.09. The molecule has 5 heteroatoms. The molecule has 3 aromatic rings. The summed E-state index contributed by atoms with van der Waals surface area (Å²) in [7, 11) is 1.63. The van der Waals surface area contributed by atoms with E-state index < -0.39 is 0 Å². The van der Waals surface area contributed by atoms with Gasteiger partial charge in [-0.2, -0.15) is 0 Å². The van der Waals surface area contributed by atoms with Crippen molar-refractivity contribution in [3.05, 3.63) is 83.7 Å². The van der Waals surface area contributed by atoms with Gasteiger partial charge in [-0.1, -0.05) is 30.3 Å². The van der Waals surface area contributed by atoms with Crippen LogP contribution in [-0.4, -0.2) is 18.0 Å². The van der Waals surface area contributed by atoms with Crippen molar-refractivity contribution in [1.82, 2.24) is 10.3 Å². The van der Waals surface area contributed by atoms with Gasteiger partial charge in [0, 0.05) is 30.2 Å². The Kier molecular flexibility index (Phi) is 5.49. The van der Waals surface area contributed by atoms with Crippen LogP contribution in [-0.2, 0) is 6.54 Å². The molecular weight excluding hydrogens is 326 g/mol. The van der Waals surface area contributed by atoms with Gasteiger partial charge in [0.2, 0.25) is 0 Å². The number of aryl methyl sites for hydroxylation is 1. The Morgan fingerprint density at radius 2 is 1.85 bits per heavy atom. The van der Waals surface area contributed by atoms with Crippen LogP contribution in [0.3, 0.4) is 0 Å². The Labute approximate surface area is 153 Å². The van der Waals surface area contributed by atoms with E-state index in [1.165, 1.54) is 0 Å². The third-order valence-electron chi connectivity index (χ3n) is 4.05.